The largest absolute Gasteiger partial charge is 0.464 e. The molecule has 0 aromatic carbocycles. The second-order valence-corrected chi connectivity index (χ2v) is 10.6. The lowest BCUT2D eigenvalue weighted by atomic mass is 10.1. The topological polar surface area (TPSA) is 123 Å². The number of nitrogens with zero attached hydrogens (tertiary/aromatic N) is 3. The Morgan fingerprint density at radius 2 is 1.03 bits per heavy atom. The number of rotatable bonds is 15. The monoisotopic (exact) mass is 547 g/mol. The van der Waals surface area contributed by atoms with Crippen molar-refractivity contribution in [3.05, 3.63) is 12.4 Å². The van der Waals surface area contributed by atoms with Gasteiger partial charge in [0.05, 0.1) is 32.5 Å². The Kier molecular flexibility index (Phi) is 13.7. The van der Waals surface area contributed by atoms with Crippen molar-refractivity contribution < 1.29 is 38.2 Å². The number of esters is 3. The molecule has 1 fully saturated rings. The number of carbonyl (C=O) groups excluding carboxylic acids is 5. The van der Waals surface area contributed by atoms with Gasteiger partial charge in [0.1, 0.15) is 25.6 Å². The molecule has 0 saturated carbocycles. The summed E-state index contributed by atoms with van der Waals surface area (Å²) in [4.78, 5) is 64.9. The van der Waals surface area contributed by atoms with E-state index >= 15 is 0 Å². The first-order valence-electron chi connectivity index (χ1n) is 11.8. The van der Waals surface area contributed by atoms with Crippen LogP contribution < -0.4 is 0 Å². The summed E-state index contributed by atoms with van der Waals surface area (Å²) in [6.07, 6.45) is 0.420. The molecule has 1 saturated heterocycles. The normalized spacial score (nSPS) is 15.8. The molecule has 1 rings (SSSR count). The maximum absolute atomic E-state index is 13.1. The van der Waals surface area contributed by atoms with Crippen molar-refractivity contribution in [3.63, 3.8) is 0 Å². The minimum Gasteiger partial charge on any atom is -0.464 e. The van der Waals surface area contributed by atoms with Crippen LogP contribution in [0.25, 0.3) is 0 Å². The average Bonchev–Trinajstić information content (AvgIpc) is 2.73. The molecule has 0 radical (unpaired) electrons. The highest BCUT2D eigenvalue weighted by atomic mass is 32.1. The van der Waals surface area contributed by atoms with Gasteiger partial charge in [0.25, 0.3) is 0 Å². The molecule has 0 aromatic heterocycles. The number of amides is 4. The maximum Gasteiger partial charge on any atom is 0.333 e. The van der Waals surface area contributed by atoms with Gasteiger partial charge in [0.2, 0.25) is 0 Å². The first-order valence-corrected chi connectivity index (χ1v) is 12.8. The van der Waals surface area contributed by atoms with E-state index in [0.29, 0.717) is 0 Å². The van der Waals surface area contributed by atoms with Gasteiger partial charge in [-0.1, -0.05) is 34.3 Å². The zero-order valence-electron chi connectivity index (χ0n) is 21.3. The number of ether oxygens (including phenoxy) is 3. The number of hydrogen-bond acceptors (Lipinski definition) is 10. The van der Waals surface area contributed by atoms with Gasteiger partial charge in [-0.25, -0.2) is 14.5 Å². The van der Waals surface area contributed by atoms with E-state index in [0.717, 1.165) is 4.90 Å². The molecular formula is C23H37N3O8S2. The van der Waals surface area contributed by atoms with Gasteiger partial charge in [-0.3, -0.25) is 24.2 Å². The van der Waals surface area contributed by atoms with Crippen LogP contribution in [0.3, 0.4) is 0 Å². The molecule has 13 heteroatoms. The summed E-state index contributed by atoms with van der Waals surface area (Å²) in [5.74, 6) is -1.20. The Bertz CT molecular complexity index is 697. The van der Waals surface area contributed by atoms with Crippen LogP contribution in [-0.4, -0.2) is 94.6 Å². The third kappa shape index (κ3) is 11.1. The lowest BCUT2D eigenvalue weighted by Crippen LogP contribution is -2.60. The highest BCUT2D eigenvalue weighted by Crippen LogP contribution is 2.21. The van der Waals surface area contributed by atoms with Gasteiger partial charge in [0, 0.05) is 16.9 Å². The van der Waals surface area contributed by atoms with E-state index in [1.165, 1.54) is 9.80 Å². The average molecular weight is 548 g/mol. The molecule has 204 valence electrons. The molecule has 1 heterocycles. The van der Waals surface area contributed by atoms with Gasteiger partial charge in [-0.2, -0.15) is 25.3 Å². The number of thiol groups is 2. The zero-order valence-corrected chi connectivity index (χ0v) is 23.1. The van der Waals surface area contributed by atoms with Crippen molar-refractivity contribution in [1.82, 2.24) is 14.7 Å². The molecule has 2 unspecified atom stereocenters. The Morgan fingerprint density at radius 1 is 0.694 bits per heavy atom. The molecule has 0 aromatic rings. The summed E-state index contributed by atoms with van der Waals surface area (Å²) in [6.45, 7) is 10.4. The fourth-order valence-corrected chi connectivity index (χ4v) is 3.42. The molecule has 0 aliphatic carbocycles. The minimum atomic E-state index is -0.699. The zero-order chi connectivity index (χ0) is 27.4. The van der Waals surface area contributed by atoms with Gasteiger partial charge in [-0.05, 0) is 5.92 Å². The summed E-state index contributed by atoms with van der Waals surface area (Å²) in [5, 5.41) is -0.379. The van der Waals surface area contributed by atoms with Crippen molar-refractivity contribution in [2.45, 2.75) is 57.5 Å². The maximum atomic E-state index is 13.1. The first-order chi connectivity index (χ1) is 16.8. The van der Waals surface area contributed by atoms with E-state index in [2.05, 4.69) is 31.8 Å². The third-order valence-electron chi connectivity index (χ3n) is 4.78. The Balaban J connectivity index is 2.87. The number of urea groups is 2. The van der Waals surface area contributed by atoms with Crippen molar-refractivity contribution >= 4 is 55.2 Å². The SMILES string of the molecule is C=C1N(CCOC(=O)CC(C)C)C(=O)N(CCOC(=O)CC(C)S)C(=O)N1CCOC(=O)CC(C)S. The van der Waals surface area contributed by atoms with Crippen molar-refractivity contribution in [3.8, 4) is 0 Å². The van der Waals surface area contributed by atoms with Crippen LogP contribution in [0.5, 0.6) is 0 Å². The summed E-state index contributed by atoms with van der Waals surface area (Å²) >= 11 is 8.28. The molecule has 2 atom stereocenters. The van der Waals surface area contributed by atoms with Gasteiger partial charge >= 0.3 is 30.0 Å². The molecule has 0 bridgehead atoms. The van der Waals surface area contributed by atoms with Crippen LogP contribution in [-0.2, 0) is 28.6 Å². The lowest BCUT2D eigenvalue weighted by molar-refractivity contribution is -0.145. The van der Waals surface area contributed by atoms with Gasteiger partial charge < -0.3 is 14.2 Å². The highest BCUT2D eigenvalue weighted by Gasteiger charge is 2.40. The van der Waals surface area contributed by atoms with E-state index in [1.807, 2.05) is 13.8 Å². The molecule has 1 aliphatic rings. The van der Waals surface area contributed by atoms with E-state index in [1.54, 1.807) is 13.8 Å². The van der Waals surface area contributed by atoms with Crippen molar-refractivity contribution in [2.24, 2.45) is 5.92 Å². The van der Waals surface area contributed by atoms with Crippen molar-refractivity contribution in [2.75, 3.05) is 39.5 Å². The third-order valence-corrected chi connectivity index (χ3v) is 5.14. The predicted octanol–water partition coefficient (Wildman–Crippen LogP) is 2.71. The number of carbonyl (C=O) groups is 5. The van der Waals surface area contributed by atoms with Crippen LogP contribution in [0.1, 0.15) is 47.0 Å². The summed E-state index contributed by atoms with van der Waals surface area (Å²) in [5.41, 5.74) is 0. The Labute approximate surface area is 223 Å². The minimum absolute atomic E-state index is 0.0459. The number of hydrogen-bond donors (Lipinski definition) is 2. The molecule has 0 spiro atoms. The Morgan fingerprint density at radius 3 is 1.36 bits per heavy atom. The van der Waals surface area contributed by atoms with Gasteiger partial charge in [-0.15, -0.1) is 0 Å². The van der Waals surface area contributed by atoms with Crippen LogP contribution in [0.15, 0.2) is 12.4 Å². The van der Waals surface area contributed by atoms with Crippen LogP contribution in [0.4, 0.5) is 9.59 Å². The summed E-state index contributed by atoms with van der Waals surface area (Å²) in [6, 6.07) is -1.39. The smallest absolute Gasteiger partial charge is 0.333 e. The van der Waals surface area contributed by atoms with E-state index < -0.39 is 30.0 Å². The van der Waals surface area contributed by atoms with Crippen LogP contribution in [0, 0.1) is 5.92 Å². The Hall–Kier alpha value is -2.41. The molecule has 4 amide bonds. The van der Waals surface area contributed by atoms with Crippen LogP contribution >= 0.6 is 25.3 Å². The second-order valence-electron chi connectivity index (χ2n) is 8.80. The fourth-order valence-electron chi connectivity index (χ4n) is 3.13. The standard InChI is InChI=1S/C23H37N3O8S2/c1-15(2)12-19(27)32-9-6-24-18(5)25(7-10-33-20(28)13-16(3)35)23(31)26(22(24)30)8-11-34-21(29)14-17(4)36/h15-17,35-36H,5-14H2,1-4H3. The first kappa shape index (κ1) is 31.6. The molecular weight excluding hydrogens is 510 g/mol. The van der Waals surface area contributed by atoms with E-state index in [4.69, 9.17) is 14.2 Å². The van der Waals surface area contributed by atoms with Crippen molar-refractivity contribution in [1.29, 1.82) is 0 Å². The number of imide groups is 1. The van der Waals surface area contributed by atoms with Gasteiger partial charge in [0.15, 0.2) is 0 Å². The molecule has 36 heavy (non-hydrogen) atoms. The fraction of sp³-hybridized carbons (Fsp3) is 0.696. The van der Waals surface area contributed by atoms with E-state index in [9.17, 15) is 24.0 Å². The summed E-state index contributed by atoms with van der Waals surface area (Å²) in [7, 11) is 0. The summed E-state index contributed by atoms with van der Waals surface area (Å²) < 4.78 is 15.5. The molecule has 11 nitrogen and oxygen atoms in total. The molecule has 1 aliphatic heterocycles. The van der Waals surface area contributed by atoms with E-state index in [-0.39, 0.29) is 81.0 Å². The molecule has 0 N–H and O–H groups in total. The highest BCUT2D eigenvalue weighted by molar-refractivity contribution is 7.81. The quantitative estimate of drug-likeness (QED) is 0.182. The lowest BCUT2D eigenvalue weighted by Gasteiger charge is -2.42. The predicted molar refractivity (Wildman–Crippen MR) is 139 cm³/mol. The van der Waals surface area contributed by atoms with Crippen LogP contribution in [0.2, 0.25) is 0 Å². The second kappa shape index (κ2) is 15.6.